The maximum atomic E-state index is 12.1. The minimum absolute atomic E-state index is 0.0412. The van der Waals surface area contributed by atoms with E-state index in [4.69, 9.17) is 4.74 Å². The first kappa shape index (κ1) is 13.4. The Bertz CT molecular complexity index is 425. The van der Waals surface area contributed by atoms with Crippen LogP contribution in [0.2, 0.25) is 0 Å². The van der Waals surface area contributed by atoms with Crippen LogP contribution in [0.25, 0.3) is 0 Å². The zero-order valence-corrected chi connectivity index (χ0v) is 11.4. The summed E-state index contributed by atoms with van der Waals surface area (Å²) in [5.41, 5.74) is 0.825. The fraction of sp³-hybridized carbons (Fsp3) is 0.462. The van der Waals surface area contributed by atoms with E-state index in [1.807, 2.05) is 37.4 Å². The van der Waals surface area contributed by atoms with Gasteiger partial charge in [-0.15, -0.1) is 11.8 Å². The molecule has 1 fully saturated rings. The van der Waals surface area contributed by atoms with Crippen LogP contribution in [0.3, 0.4) is 0 Å². The molecule has 2 atom stereocenters. The molecular weight excluding hydrogens is 248 g/mol. The molecule has 0 spiro atoms. The molecule has 0 saturated carbocycles. The van der Waals surface area contributed by atoms with Gasteiger partial charge in [0, 0.05) is 17.1 Å². The van der Waals surface area contributed by atoms with Crippen LogP contribution in [0.15, 0.2) is 29.2 Å². The molecule has 0 bridgehead atoms. The third-order valence-corrected chi connectivity index (χ3v) is 3.66. The van der Waals surface area contributed by atoms with Gasteiger partial charge < -0.3 is 15.4 Å². The third-order valence-electron chi connectivity index (χ3n) is 2.94. The lowest BCUT2D eigenvalue weighted by molar-refractivity contribution is -0.123. The highest BCUT2D eigenvalue weighted by atomic mass is 32.2. The molecule has 1 heterocycles. The Morgan fingerprint density at radius 2 is 2.39 bits per heavy atom. The van der Waals surface area contributed by atoms with Crippen LogP contribution in [-0.2, 0) is 9.53 Å². The summed E-state index contributed by atoms with van der Waals surface area (Å²) >= 11 is 1.65. The van der Waals surface area contributed by atoms with Gasteiger partial charge in [-0.1, -0.05) is 6.07 Å². The van der Waals surface area contributed by atoms with Gasteiger partial charge in [0.1, 0.15) is 6.04 Å². The van der Waals surface area contributed by atoms with Crippen molar-refractivity contribution in [3.8, 4) is 0 Å². The minimum Gasteiger partial charge on any atom is -0.375 e. The number of hydrogen-bond acceptors (Lipinski definition) is 4. The van der Waals surface area contributed by atoms with Crippen LogP contribution in [0.1, 0.15) is 6.92 Å². The second-order valence-electron chi connectivity index (χ2n) is 4.23. The van der Waals surface area contributed by atoms with E-state index in [1.165, 1.54) is 0 Å². The van der Waals surface area contributed by atoms with Crippen LogP contribution in [-0.4, -0.2) is 37.5 Å². The van der Waals surface area contributed by atoms with Crippen molar-refractivity contribution >= 4 is 23.4 Å². The van der Waals surface area contributed by atoms with E-state index in [0.29, 0.717) is 13.2 Å². The second kappa shape index (κ2) is 6.22. The maximum Gasteiger partial charge on any atom is 0.244 e. The van der Waals surface area contributed by atoms with Gasteiger partial charge in [0.15, 0.2) is 0 Å². The average Bonchev–Trinajstić information content (AvgIpc) is 2.39. The maximum absolute atomic E-state index is 12.1. The van der Waals surface area contributed by atoms with Crippen LogP contribution >= 0.6 is 11.8 Å². The first-order valence-electron chi connectivity index (χ1n) is 6.00. The number of carbonyl (C=O) groups excluding carboxylic acids is 1. The highest BCUT2D eigenvalue weighted by Gasteiger charge is 2.28. The quantitative estimate of drug-likeness (QED) is 0.818. The summed E-state index contributed by atoms with van der Waals surface area (Å²) in [5.74, 6) is -0.0412. The molecule has 1 aliphatic rings. The zero-order chi connectivity index (χ0) is 13.0. The summed E-state index contributed by atoms with van der Waals surface area (Å²) in [6, 6.07) is 7.54. The Morgan fingerprint density at radius 1 is 1.56 bits per heavy atom. The molecule has 0 aliphatic carbocycles. The van der Waals surface area contributed by atoms with Gasteiger partial charge in [0.2, 0.25) is 5.91 Å². The molecular formula is C13H18N2O2S. The van der Waals surface area contributed by atoms with Crippen molar-refractivity contribution in [2.75, 3.05) is 24.7 Å². The molecule has 4 nitrogen and oxygen atoms in total. The van der Waals surface area contributed by atoms with E-state index in [-0.39, 0.29) is 18.1 Å². The molecule has 2 rings (SSSR count). The minimum atomic E-state index is -0.281. The Morgan fingerprint density at radius 3 is 3.11 bits per heavy atom. The summed E-state index contributed by atoms with van der Waals surface area (Å²) in [7, 11) is 0. The van der Waals surface area contributed by atoms with Gasteiger partial charge in [0.25, 0.3) is 0 Å². The Hall–Kier alpha value is -1.04. The largest absolute Gasteiger partial charge is 0.375 e. The van der Waals surface area contributed by atoms with E-state index in [0.717, 1.165) is 10.6 Å². The highest BCUT2D eigenvalue weighted by Crippen LogP contribution is 2.19. The molecule has 1 aromatic rings. The molecule has 1 saturated heterocycles. The number of thioether (sulfide) groups is 1. The van der Waals surface area contributed by atoms with Crippen molar-refractivity contribution in [1.29, 1.82) is 0 Å². The van der Waals surface area contributed by atoms with Crippen molar-refractivity contribution in [2.45, 2.75) is 24.0 Å². The molecule has 18 heavy (non-hydrogen) atoms. The number of nitrogens with one attached hydrogen (secondary N) is 2. The van der Waals surface area contributed by atoms with E-state index >= 15 is 0 Å². The van der Waals surface area contributed by atoms with Crippen molar-refractivity contribution in [3.63, 3.8) is 0 Å². The SMILES string of the molecule is CSc1cccc(NC(=O)[C@H]2NCCO[C@@H]2C)c1. The van der Waals surface area contributed by atoms with E-state index in [9.17, 15) is 4.79 Å². The number of anilines is 1. The van der Waals surface area contributed by atoms with Gasteiger partial charge >= 0.3 is 0 Å². The summed E-state index contributed by atoms with van der Waals surface area (Å²) in [6.07, 6.45) is 1.92. The highest BCUT2D eigenvalue weighted by molar-refractivity contribution is 7.98. The predicted octanol–water partition coefficient (Wildman–Crippen LogP) is 1.72. The Balaban J connectivity index is 2.01. The summed E-state index contributed by atoms with van der Waals surface area (Å²) in [5, 5.41) is 6.10. The predicted molar refractivity (Wildman–Crippen MR) is 74.1 cm³/mol. The number of carbonyl (C=O) groups is 1. The van der Waals surface area contributed by atoms with Crippen LogP contribution in [0.4, 0.5) is 5.69 Å². The molecule has 1 amide bonds. The van der Waals surface area contributed by atoms with Gasteiger partial charge in [-0.25, -0.2) is 0 Å². The summed E-state index contributed by atoms with van der Waals surface area (Å²) in [6.45, 7) is 3.29. The molecule has 0 aromatic heterocycles. The third kappa shape index (κ3) is 3.25. The first-order chi connectivity index (χ1) is 8.70. The van der Waals surface area contributed by atoms with E-state index in [2.05, 4.69) is 10.6 Å². The number of rotatable bonds is 3. The monoisotopic (exact) mass is 266 g/mol. The van der Waals surface area contributed by atoms with Gasteiger partial charge in [0.05, 0.1) is 12.7 Å². The summed E-state index contributed by atoms with van der Waals surface area (Å²) < 4.78 is 5.47. The molecule has 1 aromatic carbocycles. The summed E-state index contributed by atoms with van der Waals surface area (Å²) in [4.78, 5) is 13.3. The van der Waals surface area contributed by atoms with Gasteiger partial charge in [-0.2, -0.15) is 0 Å². The van der Waals surface area contributed by atoms with Crippen LogP contribution in [0, 0.1) is 0 Å². The average molecular weight is 266 g/mol. The second-order valence-corrected chi connectivity index (χ2v) is 5.11. The number of morpholine rings is 1. The first-order valence-corrected chi connectivity index (χ1v) is 7.23. The van der Waals surface area contributed by atoms with Gasteiger partial charge in [-0.3, -0.25) is 4.79 Å². The Labute approximate surface area is 111 Å². The number of amides is 1. The van der Waals surface area contributed by atoms with E-state index < -0.39 is 0 Å². The standard InChI is InChI=1S/C13H18N2O2S/c1-9-12(14-6-7-17-9)13(16)15-10-4-3-5-11(8-10)18-2/h3-5,8-9,12,14H,6-7H2,1-2H3,(H,15,16)/t9-,12+/m1/s1. The molecule has 2 N–H and O–H groups in total. The Kier molecular flexibility index (Phi) is 4.63. The molecule has 0 radical (unpaired) electrons. The number of benzene rings is 1. The fourth-order valence-electron chi connectivity index (χ4n) is 1.95. The topological polar surface area (TPSA) is 50.4 Å². The number of hydrogen-bond donors (Lipinski definition) is 2. The lowest BCUT2D eigenvalue weighted by Gasteiger charge is -2.29. The zero-order valence-electron chi connectivity index (χ0n) is 10.6. The number of ether oxygens (including phenoxy) is 1. The van der Waals surface area contributed by atoms with E-state index in [1.54, 1.807) is 11.8 Å². The molecule has 5 heteroatoms. The van der Waals surface area contributed by atoms with Crippen molar-refractivity contribution < 1.29 is 9.53 Å². The smallest absolute Gasteiger partial charge is 0.244 e. The van der Waals surface area contributed by atoms with Crippen LogP contribution < -0.4 is 10.6 Å². The fourth-order valence-corrected chi connectivity index (χ4v) is 2.41. The van der Waals surface area contributed by atoms with Crippen molar-refractivity contribution in [3.05, 3.63) is 24.3 Å². The normalized spacial score (nSPS) is 23.7. The van der Waals surface area contributed by atoms with Gasteiger partial charge in [-0.05, 0) is 31.4 Å². The van der Waals surface area contributed by atoms with Crippen molar-refractivity contribution in [2.24, 2.45) is 0 Å². The molecule has 98 valence electrons. The van der Waals surface area contributed by atoms with Crippen LogP contribution in [0.5, 0.6) is 0 Å². The molecule has 0 unspecified atom stereocenters. The lowest BCUT2D eigenvalue weighted by Crippen LogP contribution is -2.53. The lowest BCUT2D eigenvalue weighted by atomic mass is 10.1. The molecule has 1 aliphatic heterocycles. The van der Waals surface area contributed by atoms with Crippen molar-refractivity contribution in [1.82, 2.24) is 5.32 Å².